The fourth-order valence-electron chi connectivity index (χ4n) is 1.65. The van der Waals surface area contributed by atoms with Crippen molar-refractivity contribution in [3.8, 4) is 11.5 Å². The van der Waals surface area contributed by atoms with Crippen molar-refractivity contribution < 1.29 is 4.74 Å². The number of rotatable bonds is 5. The molecule has 0 saturated carbocycles. The average molecular weight is 256 g/mol. The molecule has 1 N–H and O–H groups in total. The maximum absolute atomic E-state index is 5.73. The molecule has 0 fully saturated rings. The highest BCUT2D eigenvalue weighted by molar-refractivity contribution is 5.32. The van der Waals surface area contributed by atoms with Crippen LogP contribution in [-0.4, -0.2) is 11.0 Å². The molecule has 1 heterocycles. The highest BCUT2D eigenvalue weighted by atomic mass is 16.5. The summed E-state index contributed by atoms with van der Waals surface area (Å²) in [6.07, 6.45) is 1.74. The maximum atomic E-state index is 5.73. The number of hydrogen-bond acceptors (Lipinski definition) is 3. The summed E-state index contributed by atoms with van der Waals surface area (Å²) in [5, 5.41) is 3.39. The average Bonchev–Trinajstić information content (AvgIpc) is 2.40. The largest absolute Gasteiger partial charge is 0.456 e. The summed E-state index contributed by atoms with van der Waals surface area (Å²) in [5.41, 5.74) is 2.24. The van der Waals surface area contributed by atoms with Crippen molar-refractivity contribution in [3.63, 3.8) is 0 Å². The van der Waals surface area contributed by atoms with Gasteiger partial charge in [0, 0.05) is 18.3 Å². The number of pyridine rings is 1. The molecule has 0 bridgehead atoms. The van der Waals surface area contributed by atoms with E-state index in [0.717, 1.165) is 23.7 Å². The zero-order chi connectivity index (χ0) is 13.7. The number of hydrogen-bond donors (Lipinski definition) is 1. The summed E-state index contributed by atoms with van der Waals surface area (Å²) in [7, 11) is 0. The summed E-state index contributed by atoms with van der Waals surface area (Å²) >= 11 is 0. The molecule has 3 heteroatoms. The van der Waals surface area contributed by atoms with Gasteiger partial charge in [0.25, 0.3) is 0 Å². The summed E-state index contributed by atoms with van der Waals surface area (Å²) in [4.78, 5) is 4.21. The third-order valence-corrected chi connectivity index (χ3v) is 2.76. The van der Waals surface area contributed by atoms with E-state index in [1.807, 2.05) is 31.2 Å². The Morgan fingerprint density at radius 3 is 2.32 bits per heavy atom. The van der Waals surface area contributed by atoms with Gasteiger partial charge in [-0.1, -0.05) is 26.0 Å². The monoisotopic (exact) mass is 256 g/mol. The summed E-state index contributed by atoms with van der Waals surface area (Å²) in [6, 6.07) is 12.5. The van der Waals surface area contributed by atoms with Gasteiger partial charge in [0.15, 0.2) is 0 Å². The molecule has 2 rings (SSSR count). The Morgan fingerprint density at radius 2 is 1.74 bits per heavy atom. The van der Waals surface area contributed by atoms with Gasteiger partial charge in [-0.15, -0.1) is 0 Å². The van der Waals surface area contributed by atoms with Crippen LogP contribution >= 0.6 is 0 Å². The molecular formula is C16H20N2O. The standard InChI is InChI=1S/C16H20N2O/c1-12(2)17-10-14-5-8-15(9-6-14)19-16-7-4-13(3)18-11-16/h4-9,11-12,17H,10H2,1-3H3. The Kier molecular flexibility index (Phi) is 4.53. The molecule has 1 aromatic heterocycles. The minimum Gasteiger partial charge on any atom is -0.456 e. The molecule has 2 aromatic rings. The Labute approximate surface area is 114 Å². The smallest absolute Gasteiger partial charge is 0.145 e. The molecule has 0 aliphatic rings. The van der Waals surface area contributed by atoms with Crippen LogP contribution in [0.3, 0.4) is 0 Å². The third kappa shape index (κ3) is 4.38. The first-order valence-corrected chi connectivity index (χ1v) is 6.56. The highest BCUT2D eigenvalue weighted by Crippen LogP contribution is 2.20. The number of ether oxygens (including phenoxy) is 1. The van der Waals surface area contributed by atoms with E-state index in [0.29, 0.717) is 6.04 Å². The van der Waals surface area contributed by atoms with Crippen molar-refractivity contribution in [2.45, 2.75) is 33.4 Å². The van der Waals surface area contributed by atoms with Crippen molar-refractivity contribution >= 4 is 0 Å². The van der Waals surface area contributed by atoms with E-state index < -0.39 is 0 Å². The van der Waals surface area contributed by atoms with Gasteiger partial charge in [-0.05, 0) is 36.8 Å². The van der Waals surface area contributed by atoms with Crippen LogP contribution in [-0.2, 0) is 6.54 Å². The Hall–Kier alpha value is -1.87. The zero-order valence-corrected chi connectivity index (χ0v) is 11.7. The minimum atomic E-state index is 0.495. The van der Waals surface area contributed by atoms with E-state index in [-0.39, 0.29) is 0 Å². The fraction of sp³-hybridized carbons (Fsp3) is 0.312. The lowest BCUT2D eigenvalue weighted by atomic mass is 10.2. The summed E-state index contributed by atoms with van der Waals surface area (Å²) < 4.78 is 5.73. The number of benzene rings is 1. The molecule has 0 aliphatic heterocycles. The van der Waals surface area contributed by atoms with Gasteiger partial charge >= 0.3 is 0 Å². The molecule has 3 nitrogen and oxygen atoms in total. The van der Waals surface area contributed by atoms with E-state index in [1.165, 1.54) is 5.56 Å². The SMILES string of the molecule is Cc1ccc(Oc2ccc(CNC(C)C)cc2)cn1. The van der Waals surface area contributed by atoms with Crippen LogP contribution in [0.2, 0.25) is 0 Å². The van der Waals surface area contributed by atoms with Gasteiger partial charge in [0.05, 0.1) is 6.20 Å². The van der Waals surface area contributed by atoms with Gasteiger partial charge in [-0.25, -0.2) is 0 Å². The molecule has 100 valence electrons. The minimum absolute atomic E-state index is 0.495. The quantitative estimate of drug-likeness (QED) is 0.886. The topological polar surface area (TPSA) is 34.1 Å². The molecule has 0 saturated heterocycles. The lowest BCUT2D eigenvalue weighted by molar-refractivity contribution is 0.479. The van der Waals surface area contributed by atoms with Crippen LogP contribution in [0.1, 0.15) is 25.1 Å². The zero-order valence-electron chi connectivity index (χ0n) is 11.7. The first-order chi connectivity index (χ1) is 9.13. The maximum Gasteiger partial charge on any atom is 0.145 e. The fourth-order valence-corrected chi connectivity index (χ4v) is 1.65. The van der Waals surface area contributed by atoms with Crippen LogP contribution in [0.5, 0.6) is 11.5 Å². The Bertz CT molecular complexity index is 503. The Balaban J connectivity index is 1.96. The molecular weight excluding hydrogens is 236 g/mol. The number of aryl methyl sites for hydroxylation is 1. The molecule has 0 amide bonds. The number of nitrogens with zero attached hydrogens (tertiary/aromatic N) is 1. The van der Waals surface area contributed by atoms with Gasteiger partial charge in [0.2, 0.25) is 0 Å². The second kappa shape index (κ2) is 6.34. The number of nitrogens with one attached hydrogen (secondary N) is 1. The van der Waals surface area contributed by atoms with Gasteiger partial charge < -0.3 is 10.1 Å². The second-order valence-corrected chi connectivity index (χ2v) is 4.92. The molecule has 1 aromatic carbocycles. The van der Waals surface area contributed by atoms with Crippen LogP contribution in [0.25, 0.3) is 0 Å². The van der Waals surface area contributed by atoms with Gasteiger partial charge in [-0.3, -0.25) is 4.98 Å². The first kappa shape index (κ1) is 13.6. The highest BCUT2D eigenvalue weighted by Gasteiger charge is 1.99. The van der Waals surface area contributed by atoms with E-state index in [1.54, 1.807) is 6.20 Å². The predicted octanol–water partition coefficient (Wildman–Crippen LogP) is 3.68. The predicted molar refractivity (Wildman–Crippen MR) is 77.5 cm³/mol. The normalized spacial score (nSPS) is 10.7. The Morgan fingerprint density at radius 1 is 1.05 bits per heavy atom. The molecule has 0 radical (unpaired) electrons. The van der Waals surface area contributed by atoms with E-state index in [2.05, 4.69) is 36.3 Å². The second-order valence-electron chi connectivity index (χ2n) is 4.92. The van der Waals surface area contributed by atoms with Gasteiger partial charge in [0.1, 0.15) is 11.5 Å². The van der Waals surface area contributed by atoms with E-state index in [4.69, 9.17) is 4.74 Å². The van der Waals surface area contributed by atoms with Crippen molar-refractivity contribution in [1.82, 2.24) is 10.3 Å². The lowest BCUT2D eigenvalue weighted by Gasteiger charge is -2.09. The van der Waals surface area contributed by atoms with Crippen LogP contribution in [0, 0.1) is 6.92 Å². The summed E-state index contributed by atoms with van der Waals surface area (Å²) in [5.74, 6) is 1.60. The van der Waals surface area contributed by atoms with Crippen LogP contribution in [0.4, 0.5) is 0 Å². The molecule has 0 spiro atoms. The molecule has 0 aliphatic carbocycles. The van der Waals surface area contributed by atoms with Crippen molar-refractivity contribution in [1.29, 1.82) is 0 Å². The summed E-state index contributed by atoms with van der Waals surface area (Å²) in [6.45, 7) is 7.12. The van der Waals surface area contributed by atoms with Crippen LogP contribution in [0.15, 0.2) is 42.6 Å². The van der Waals surface area contributed by atoms with E-state index in [9.17, 15) is 0 Å². The van der Waals surface area contributed by atoms with Crippen LogP contribution < -0.4 is 10.1 Å². The van der Waals surface area contributed by atoms with Crippen molar-refractivity contribution in [2.24, 2.45) is 0 Å². The van der Waals surface area contributed by atoms with Crippen molar-refractivity contribution in [2.75, 3.05) is 0 Å². The van der Waals surface area contributed by atoms with Gasteiger partial charge in [-0.2, -0.15) is 0 Å². The lowest BCUT2D eigenvalue weighted by Crippen LogP contribution is -2.21. The molecule has 19 heavy (non-hydrogen) atoms. The first-order valence-electron chi connectivity index (χ1n) is 6.56. The van der Waals surface area contributed by atoms with Crippen molar-refractivity contribution in [3.05, 3.63) is 53.9 Å². The third-order valence-electron chi connectivity index (χ3n) is 2.76. The van der Waals surface area contributed by atoms with E-state index >= 15 is 0 Å². The molecule has 0 atom stereocenters. The molecule has 0 unspecified atom stereocenters. The number of aromatic nitrogens is 1.